The lowest BCUT2D eigenvalue weighted by Gasteiger charge is -2.59. The summed E-state index contributed by atoms with van der Waals surface area (Å²) in [7, 11) is 0. The van der Waals surface area contributed by atoms with Crippen molar-refractivity contribution in [2.75, 3.05) is 6.61 Å². The number of carbonyl (C=O) groups excluding carboxylic acids is 4. The molecular weight excluding hydrogens is 512 g/mol. The van der Waals surface area contributed by atoms with Crippen LogP contribution in [0.3, 0.4) is 0 Å². The number of Topliss-reactive ketones (excluding diaryl/α,β-unsaturated/α-hetero) is 1. The first-order valence-corrected chi connectivity index (χ1v) is 14.2. The van der Waals surface area contributed by atoms with Crippen LogP contribution < -0.4 is 5.32 Å². The normalized spacial score (nSPS) is 36.1. The molecule has 0 radical (unpaired) electrons. The predicted octanol–water partition coefficient (Wildman–Crippen LogP) is 2.60. The van der Waals surface area contributed by atoms with E-state index in [-0.39, 0.29) is 55.1 Å². The largest absolute Gasteiger partial charge is 0.458 e. The monoisotopic (exact) mass is 550 g/mol. The fourth-order valence-corrected chi connectivity index (χ4v) is 8.13. The summed E-state index contributed by atoms with van der Waals surface area (Å²) in [5, 5.41) is 25.9. The van der Waals surface area contributed by atoms with Gasteiger partial charge in [-0.3, -0.25) is 24.2 Å². The van der Waals surface area contributed by atoms with Crippen LogP contribution in [0.2, 0.25) is 0 Å². The molecule has 1 heterocycles. The van der Waals surface area contributed by atoms with Crippen molar-refractivity contribution in [3.8, 4) is 0 Å². The minimum atomic E-state index is -1.72. The summed E-state index contributed by atoms with van der Waals surface area (Å²) in [4.78, 5) is 53.8. The number of rotatable bonds is 8. The molecule has 9 nitrogen and oxygen atoms in total. The molecule has 0 saturated heterocycles. The van der Waals surface area contributed by atoms with E-state index in [9.17, 15) is 29.4 Å². The molecule has 0 bridgehead atoms. The van der Waals surface area contributed by atoms with Crippen molar-refractivity contribution in [2.45, 2.75) is 77.0 Å². The number of aliphatic hydroxyl groups is 2. The lowest BCUT2D eigenvalue weighted by atomic mass is 9.46. The third-order valence-corrected chi connectivity index (χ3v) is 10.2. The Morgan fingerprint density at radius 2 is 2.00 bits per heavy atom. The number of ketones is 2. The molecule has 0 aromatic carbocycles. The van der Waals surface area contributed by atoms with E-state index in [0.717, 1.165) is 24.0 Å². The standard InChI is InChI=1S/C31H38N2O7/c1-29-11-9-21(34)14-20(29)5-6-22-23-10-12-31(39,30(23,2)15-24(35)28(22)29)25(36)18-40-27(38)8-7-26(37)33-17-19-4-3-13-32-16-19/h3-4,9,11,13-14,16,22-24,28,35,39H,5-8,10,12,15,17-18H2,1-2H3,(H,33,37)/t22-,23+,24+,28+,29+,30+,31+/m1/s1. The Balaban J connectivity index is 1.18. The maximum Gasteiger partial charge on any atom is 0.306 e. The molecule has 4 aliphatic carbocycles. The zero-order valence-electron chi connectivity index (χ0n) is 23.1. The van der Waals surface area contributed by atoms with Crippen molar-refractivity contribution in [1.82, 2.24) is 10.3 Å². The van der Waals surface area contributed by atoms with Gasteiger partial charge < -0.3 is 20.3 Å². The van der Waals surface area contributed by atoms with Crippen molar-refractivity contribution >= 4 is 23.4 Å². The van der Waals surface area contributed by atoms with Crippen LogP contribution in [0.15, 0.2) is 48.3 Å². The van der Waals surface area contributed by atoms with E-state index < -0.39 is 40.9 Å². The molecule has 0 aliphatic heterocycles. The van der Waals surface area contributed by atoms with Crippen molar-refractivity contribution in [2.24, 2.45) is 28.6 Å². The van der Waals surface area contributed by atoms with E-state index in [1.807, 2.05) is 19.1 Å². The lowest BCUT2D eigenvalue weighted by molar-refractivity contribution is -0.181. The van der Waals surface area contributed by atoms with Gasteiger partial charge in [0.05, 0.1) is 12.5 Å². The van der Waals surface area contributed by atoms with Gasteiger partial charge in [0.25, 0.3) is 0 Å². The molecule has 4 aliphatic rings. The smallest absolute Gasteiger partial charge is 0.306 e. The van der Waals surface area contributed by atoms with Crippen molar-refractivity contribution in [1.29, 1.82) is 0 Å². The highest BCUT2D eigenvalue weighted by Crippen LogP contribution is 2.67. The summed E-state index contributed by atoms with van der Waals surface area (Å²) >= 11 is 0. The van der Waals surface area contributed by atoms with Gasteiger partial charge in [0.1, 0.15) is 5.60 Å². The molecule has 3 N–H and O–H groups in total. The Morgan fingerprint density at radius 3 is 2.75 bits per heavy atom. The number of nitrogens with one attached hydrogen (secondary N) is 1. The number of pyridine rings is 1. The van der Waals surface area contributed by atoms with E-state index in [0.29, 0.717) is 13.0 Å². The zero-order chi connectivity index (χ0) is 28.7. The maximum absolute atomic E-state index is 13.4. The number of aromatic nitrogens is 1. The minimum Gasteiger partial charge on any atom is -0.458 e. The molecule has 0 unspecified atom stereocenters. The second kappa shape index (κ2) is 10.7. The molecule has 1 aromatic heterocycles. The summed E-state index contributed by atoms with van der Waals surface area (Å²) in [6.07, 6.45) is 10.1. The fraction of sp³-hybridized carbons (Fsp3) is 0.581. The average Bonchev–Trinajstić information content (AvgIpc) is 3.20. The molecular formula is C31H38N2O7. The van der Waals surface area contributed by atoms with Gasteiger partial charge in [-0.2, -0.15) is 0 Å². The van der Waals surface area contributed by atoms with Crippen LogP contribution >= 0.6 is 0 Å². The van der Waals surface area contributed by atoms with Crippen LogP contribution in [0.4, 0.5) is 0 Å². The van der Waals surface area contributed by atoms with Crippen LogP contribution in [0.1, 0.15) is 64.4 Å². The third kappa shape index (κ3) is 4.83. The summed E-state index contributed by atoms with van der Waals surface area (Å²) in [6.45, 7) is 3.68. The van der Waals surface area contributed by atoms with E-state index in [4.69, 9.17) is 4.74 Å². The third-order valence-electron chi connectivity index (χ3n) is 10.2. The number of aliphatic hydroxyl groups excluding tert-OH is 1. The molecule has 3 fully saturated rings. The number of hydrogen-bond acceptors (Lipinski definition) is 8. The average molecular weight is 551 g/mol. The van der Waals surface area contributed by atoms with E-state index in [1.54, 1.807) is 30.6 Å². The van der Waals surface area contributed by atoms with Crippen LogP contribution in [0.5, 0.6) is 0 Å². The number of ether oxygens (including phenoxy) is 1. The highest BCUT2D eigenvalue weighted by Gasteiger charge is 2.68. The number of nitrogens with zero attached hydrogens (tertiary/aromatic N) is 1. The van der Waals surface area contributed by atoms with Gasteiger partial charge in [0, 0.05) is 42.1 Å². The Morgan fingerprint density at radius 1 is 1.20 bits per heavy atom. The molecule has 214 valence electrons. The number of allylic oxidation sites excluding steroid dienone is 4. The van der Waals surface area contributed by atoms with Gasteiger partial charge in [0.2, 0.25) is 11.7 Å². The van der Waals surface area contributed by atoms with Gasteiger partial charge in [-0.25, -0.2) is 0 Å². The van der Waals surface area contributed by atoms with Crippen molar-refractivity contribution in [3.05, 3.63) is 53.9 Å². The van der Waals surface area contributed by atoms with Gasteiger partial charge in [-0.05, 0) is 67.7 Å². The van der Waals surface area contributed by atoms with E-state index in [1.165, 1.54) is 0 Å². The molecule has 0 spiro atoms. The Hall–Kier alpha value is -3.17. The van der Waals surface area contributed by atoms with Crippen LogP contribution in [-0.4, -0.2) is 57.0 Å². The van der Waals surface area contributed by atoms with Gasteiger partial charge >= 0.3 is 5.97 Å². The topological polar surface area (TPSA) is 143 Å². The molecule has 40 heavy (non-hydrogen) atoms. The van der Waals surface area contributed by atoms with Gasteiger partial charge in [0.15, 0.2) is 12.4 Å². The lowest BCUT2D eigenvalue weighted by Crippen LogP contribution is -2.61. The number of carbonyl (C=O) groups is 4. The first-order valence-electron chi connectivity index (χ1n) is 14.2. The predicted molar refractivity (Wildman–Crippen MR) is 144 cm³/mol. The van der Waals surface area contributed by atoms with Crippen LogP contribution in [-0.2, 0) is 30.5 Å². The highest BCUT2D eigenvalue weighted by atomic mass is 16.5. The van der Waals surface area contributed by atoms with Gasteiger partial charge in [-0.15, -0.1) is 0 Å². The Kier molecular flexibility index (Phi) is 7.56. The quantitative estimate of drug-likeness (QED) is 0.419. The summed E-state index contributed by atoms with van der Waals surface area (Å²) in [6, 6.07) is 3.60. The van der Waals surface area contributed by atoms with E-state index >= 15 is 0 Å². The van der Waals surface area contributed by atoms with Crippen molar-refractivity contribution < 1.29 is 34.1 Å². The zero-order valence-corrected chi connectivity index (χ0v) is 23.1. The molecule has 3 saturated carbocycles. The SMILES string of the molecule is C[C@]12C=CC(=O)C=C1CC[C@H]1[C@H]2[C@@H](O)C[C@@]2(C)[C@H]1CC[C@]2(O)C(=O)COC(=O)CCC(=O)NCc1cccnc1. The van der Waals surface area contributed by atoms with E-state index in [2.05, 4.69) is 17.2 Å². The number of esters is 1. The number of amides is 1. The minimum absolute atomic E-state index is 0.0125. The Bertz CT molecular complexity index is 1260. The van der Waals surface area contributed by atoms with Crippen LogP contribution in [0.25, 0.3) is 0 Å². The molecule has 9 heteroatoms. The number of fused-ring (bicyclic) bond motifs is 5. The highest BCUT2D eigenvalue weighted by molar-refractivity contribution is 6.01. The molecule has 5 rings (SSSR count). The second-order valence-electron chi connectivity index (χ2n) is 12.3. The summed E-state index contributed by atoms with van der Waals surface area (Å²) in [5.74, 6) is -1.60. The van der Waals surface area contributed by atoms with Crippen LogP contribution in [0, 0.1) is 28.6 Å². The molecule has 1 amide bonds. The fourth-order valence-electron chi connectivity index (χ4n) is 8.13. The summed E-state index contributed by atoms with van der Waals surface area (Å²) < 4.78 is 5.20. The maximum atomic E-state index is 13.4. The van der Waals surface area contributed by atoms with Crippen molar-refractivity contribution in [3.63, 3.8) is 0 Å². The molecule has 7 atom stereocenters. The first-order chi connectivity index (χ1) is 19.0. The Labute approximate surface area is 234 Å². The van der Waals surface area contributed by atoms with Gasteiger partial charge in [-0.1, -0.05) is 31.6 Å². The summed E-state index contributed by atoms with van der Waals surface area (Å²) in [5.41, 5.74) is -1.13. The second-order valence-corrected chi connectivity index (χ2v) is 12.3. The number of hydrogen-bond donors (Lipinski definition) is 3. The molecule has 1 aromatic rings. The first kappa shape index (κ1) is 28.4.